The van der Waals surface area contributed by atoms with E-state index in [1.165, 1.54) is 18.2 Å². The molecule has 0 bridgehead atoms. The van der Waals surface area contributed by atoms with Crippen molar-refractivity contribution in [2.24, 2.45) is 0 Å². The van der Waals surface area contributed by atoms with Gasteiger partial charge in [-0.15, -0.1) is 10.2 Å². The van der Waals surface area contributed by atoms with Crippen LogP contribution in [0.2, 0.25) is 10.0 Å². The van der Waals surface area contributed by atoms with Crippen molar-refractivity contribution in [3.8, 4) is 11.5 Å². The predicted octanol–water partition coefficient (Wildman–Crippen LogP) is 5.31. The van der Waals surface area contributed by atoms with Crippen LogP contribution in [-0.2, 0) is 10.0 Å². The largest absolute Gasteiger partial charge is 0.421 e. The van der Waals surface area contributed by atoms with Crippen LogP contribution in [0.5, 0.6) is 0 Å². The molecule has 0 saturated heterocycles. The van der Waals surface area contributed by atoms with Crippen molar-refractivity contribution in [1.82, 2.24) is 10.2 Å². The number of hydrogen-bond acceptors (Lipinski definition) is 5. The number of nitrogens with one attached hydrogen (secondary N) is 1. The molecule has 4 aromatic rings. The number of fused-ring (bicyclic) bond motifs is 1. The summed E-state index contributed by atoms with van der Waals surface area (Å²) in [6.45, 7) is 1.73. The quantitative estimate of drug-likeness (QED) is 0.471. The number of anilines is 1. The smallest absolute Gasteiger partial charge is 0.261 e. The molecule has 0 amide bonds. The van der Waals surface area contributed by atoms with Crippen molar-refractivity contribution in [3.63, 3.8) is 0 Å². The molecule has 0 atom stereocenters. The summed E-state index contributed by atoms with van der Waals surface area (Å²) in [5.74, 6) is 0.919. The number of nitrogens with zero attached hydrogens (tertiary/aromatic N) is 2. The Bertz CT molecular complexity index is 1280. The highest BCUT2D eigenvalue weighted by Crippen LogP contribution is 2.28. The average molecular weight is 434 g/mol. The van der Waals surface area contributed by atoms with Gasteiger partial charge in [-0.1, -0.05) is 35.3 Å². The second kappa shape index (κ2) is 7.09. The molecule has 0 aliphatic carbocycles. The average Bonchev–Trinajstić information content (AvgIpc) is 3.06. The molecule has 0 spiro atoms. The van der Waals surface area contributed by atoms with Gasteiger partial charge < -0.3 is 4.42 Å². The van der Waals surface area contributed by atoms with Gasteiger partial charge in [0, 0.05) is 28.2 Å². The maximum absolute atomic E-state index is 12.6. The van der Waals surface area contributed by atoms with Gasteiger partial charge in [-0.05, 0) is 53.2 Å². The number of halogens is 2. The summed E-state index contributed by atoms with van der Waals surface area (Å²) in [4.78, 5) is -0.00721. The maximum Gasteiger partial charge on any atom is 0.261 e. The van der Waals surface area contributed by atoms with Gasteiger partial charge in [0.25, 0.3) is 10.0 Å². The first kappa shape index (κ1) is 18.7. The first-order valence-electron chi connectivity index (χ1n) is 8.13. The first-order chi connectivity index (χ1) is 13.3. The summed E-state index contributed by atoms with van der Waals surface area (Å²) in [5.41, 5.74) is 1.21. The van der Waals surface area contributed by atoms with Gasteiger partial charge in [0.1, 0.15) is 0 Å². The van der Waals surface area contributed by atoms with E-state index in [4.69, 9.17) is 27.6 Å². The van der Waals surface area contributed by atoms with E-state index in [2.05, 4.69) is 14.9 Å². The number of aryl methyl sites for hydroxylation is 1. The molecular formula is C19H13Cl2N3O3S. The molecule has 1 aromatic heterocycles. The van der Waals surface area contributed by atoms with Crippen LogP contribution in [0.15, 0.2) is 63.9 Å². The Hall–Kier alpha value is -2.61. The molecule has 0 radical (unpaired) electrons. The van der Waals surface area contributed by atoms with E-state index >= 15 is 0 Å². The fraction of sp³-hybridized carbons (Fsp3) is 0.0526. The molecule has 3 aromatic carbocycles. The molecule has 0 aliphatic heterocycles. The third-order valence-corrected chi connectivity index (χ3v) is 5.81. The molecule has 9 heteroatoms. The van der Waals surface area contributed by atoms with Crippen molar-refractivity contribution in [2.75, 3.05) is 4.72 Å². The zero-order valence-corrected chi connectivity index (χ0v) is 16.8. The van der Waals surface area contributed by atoms with Gasteiger partial charge in [0.2, 0.25) is 11.8 Å². The number of aromatic nitrogens is 2. The Kier molecular flexibility index (Phi) is 4.74. The van der Waals surface area contributed by atoms with Gasteiger partial charge in [0.05, 0.1) is 4.90 Å². The van der Waals surface area contributed by atoms with E-state index in [1.54, 1.807) is 19.1 Å². The summed E-state index contributed by atoms with van der Waals surface area (Å²) in [6.07, 6.45) is 0. The highest BCUT2D eigenvalue weighted by molar-refractivity contribution is 7.92. The predicted molar refractivity (Wildman–Crippen MR) is 109 cm³/mol. The number of hydrogen-bond donors (Lipinski definition) is 1. The zero-order valence-electron chi connectivity index (χ0n) is 14.5. The second-order valence-electron chi connectivity index (χ2n) is 6.11. The molecule has 0 aliphatic rings. The second-order valence-corrected chi connectivity index (χ2v) is 8.67. The van der Waals surface area contributed by atoms with Crippen LogP contribution in [0, 0.1) is 6.92 Å². The molecule has 0 fully saturated rings. The minimum Gasteiger partial charge on any atom is -0.421 e. The normalized spacial score (nSPS) is 11.7. The molecule has 142 valence electrons. The van der Waals surface area contributed by atoms with Crippen molar-refractivity contribution < 1.29 is 12.8 Å². The molecular weight excluding hydrogens is 421 g/mol. The molecule has 28 heavy (non-hydrogen) atoms. The fourth-order valence-corrected chi connectivity index (χ4v) is 4.53. The zero-order chi connectivity index (χ0) is 19.9. The van der Waals surface area contributed by atoms with Crippen molar-refractivity contribution in [2.45, 2.75) is 11.8 Å². The van der Waals surface area contributed by atoms with E-state index in [0.29, 0.717) is 17.5 Å². The van der Waals surface area contributed by atoms with Gasteiger partial charge in [-0.25, -0.2) is 8.42 Å². The Morgan fingerprint density at radius 2 is 1.57 bits per heavy atom. The lowest BCUT2D eigenvalue weighted by atomic mass is 10.1. The molecule has 4 rings (SSSR count). The van der Waals surface area contributed by atoms with Gasteiger partial charge in [-0.2, -0.15) is 0 Å². The van der Waals surface area contributed by atoms with E-state index in [0.717, 1.165) is 16.3 Å². The van der Waals surface area contributed by atoms with E-state index < -0.39 is 10.0 Å². The van der Waals surface area contributed by atoms with Crippen LogP contribution in [0.25, 0.3) is 22.2 Å². The van der Waals surface area contributed by atoms with Crippen LogP contribution in [0.1, 0.15) is 5.89 Å². The molecule has 1 N–H and O–H groups in total. The Balaban J connectivity index is 1.66. The van der Waals surface area contributed by atoms with Crippen molar-refractivity contribution in [1.29, 1.82) is 0 Å². The Morgan fingerprint density at radius 1 is 0.893 bits per heavy atom. The number of sulfonamides is 1. The van der Waals surface area contributed by atoms with E-state index in [9.17, 15) is 8.42 Å². The van der Waals surface area contributed by atoms with Crippen molar-refractivity contribution >= 4 is 49.7 Å². The molecule has 1 heterocycles. The van der Waals surface area contributed by atoms with Crippen LogP contribution in [-0.4, -0.2) is 18.6 Å². The van der Waals surface area contributed by atoms with Crippen LogP contribution in [0.4, 0.5) is 5.69 Å². The topological polar surface area (TPSA) is 85.1 Å². The minimum atomic E-state index is -3.83. The monoisotopic (exact) mass is 433 g/mol. The Morgan fingerprint density at radius 3 is 2.25 bits per heavy atom. The third kappa shape index (κ3) is 3.82. The molecule has 0 unspecified atom stereocenters. The standard InChI is InChI=1S/C19H13Cl2N3O3S/c1-11-22-23-19(27-11)14-3-2-13-7-17(5-4-12(13)6-14)24-28(25,26)18-9-15(20)8-16(21)10-18/h2-10,24H,1H3. The highest BCUT2D eigenvalue weighted by atomic mass is 35.5. The summed E-state index contributed by atoms with van der Waals surface area (Å²) in [5, 5.41) is 10.1. The van der Waals surface area contributed by atoms with Gasteiger partial charge in [-0.3, -0.25) is 4.72 Å². The molecule has 0 saturated carbocycles. The lowest BCUT2D eigenvalue weighted by Gasteiger charge is -2.10. The third-order valence-electron chi connectivity index (χ3n) is 4.01. The lowest BCUT2D eigenvalue weighted by Crippen LogP contribution is -2.12. The number of rotatable bonds is 4. The van der Waals surface area contributed by atoms with Crippen LogP contribution in [0.3, 0.4) is 0 Å². The first-order valence-corrected chi connectivity index (χ1v) is 10.4. The minimum absolute atomic E-state index is 0.00721. The number of benzene rings is 3. The van der Waals surface area contributed by atoms with Crippen molar-refractivity contribution in [3.05, 3.63) is 70.5 Å². The lowest BCUT2D eigenvalue weighted by molar-refractivity contribution is 0.533. The summed E-state index contributed by atoms with van der Waals surface area (Å²) >= 11 is 11.8. The fourth-order valence-electron chi connectivity index (χ4n) is 2.75. The molecule has 6 nitrogen and oxygen atoms in total. The summed E-state index contributed by atoms with van der Waals surface area (Å²) in [6, 6.07) is 15.0. The SMILES string of the molecule is Cc1nnc(-c2ccc3cc(NS(=O)(=O)c4cc(Cl)cc(Cl)c4)ccc3c2)o1. The van der Waals surface area contributed by atoms with E-state index in [-0.39, 0.29) is 14.9 Å². The van der Waals surface area contributed by atoms with Crippen LogP contribution >= 0.6 is 23.2 Å². The summed E-state index contributed by atoms with van der Waals surface area (Å²) < 4.78 is 33.2. The van der Waals surface area contributed by atoms with Crippen LogP contribution < -0.4 is 4.72 Å². The Labute approximate surface area is 171 Å². The van der Waals surface area contributed by atoms with E-state index in [1.807, 2.05) is 24.3 Å². The van der Waals surface area contributed by atoms with Gasteiger partial charge in [0.15, 0.2) is 0 Å². The van der Waals surface area contributed by atoms with Gasteiger partial charge >= 0.3 is 0 Å². The highest BCUT2D eigenvalue weighted by Gasteiger charge is 2.16. The maximum atomic E-state index is 12.6. The summed E-state index contributed by atoms with van der Waals surface area (Å²) in [7, 11) is -3.83.